The molecule has 0 spiro atoms. The zero-order valence-electron chi connectivity index (χ0n) is 16.9. The Morgan fingerprint density at radius 3 is 2.58 bits per heavy atom. The number of carbonyl (C=O) groups is 2. The molecule has 1 heterocycles. The lowest BCUT2D eigenvalue weighted by atomic mass is 9.92. The molecule has 0 saturated heterocycles. The Hall–Kier alpha value is -3.10. The van der Waals surface area contributed by atoms with Crippen LogP contribution in [0.25, 0.3) is 5.70 Å². The zero-order chi connectivity index (χ0) is 22.4. The van der Waals surface area contributed by atoms with E-state index in [4.69, 9.17) is 33.3 Å². The van der Waals surface area contributed by atoms with Crippen molar-refractivity contribution in [3.05, 3.63) is 70.3 Å². The summed E-state index contributed by atoms with van der Waals surface area (Å²) in [6.07, 6.45) is 0. The fourth-order valence-corrected chi connectivity index (χ4v) is 3.53. The normalized spacial score (nSPS) is 15.6. The quantitative estimate of drug-likeness (QED) is 0.480. The second-order valence-electron chi connectivity index (χ2n) is 6.45. The third kappa shape index (κ3) is 5.34. The van der Waals surface area contributed by atoms with Crippen molar-refractivity contribution in [2.45, 2.75) is 13.0 Å². The van der Waals surface area contributed by atoms with Crippen molar-refractivity contribution in [1.82, 2.24) is 10.6 Å². The van der Waals surface area contributed by atoms with Crippen molar-refractivity contribution in [2.24, 2.45) is 0 Å². The van der Waals surface area contributed by atoms with E-state index in [1.54, 1.807) is 25.1 Å². The van der Waals surface area contributed by atoms with Crippen molar-refractivity contribution in [3.8, 4) is 5.75 Å². The minimum Gasteiger partial charge on any atom is -0.482 e. The van der Waals surface area contributed by atoms with Crippen molar-refractivity contribution in [2.75, 3.05) is 20.3 Å². The monoisotopic (exact) mass is 460 g/mol. The van der Waals surface area contributed by atoms with Gasteiger partial charge < -0.3 is 24.8 Å². The zero-order valence-corrected chi connectivity index (χ0v) is 18.5. The number of halogens is 1. The van der Waals surface area contributed by atoms with Crippen LogP contribution in [0.2, 0.25) is 5.02 Å². The summed E-state index contributed by atoms with van der Waals surface area (Å²) in [6.45, 7) is 1.63. The minimum absolute atomic E-state index is 0.197. The van der Waals surface area contributed by atoms with Crippen LogP contribution >= 0.6 is 23.8 Å². The van der Waals surface area contributed by atoms with E-state index in [9.17, 15) is 9.59 Å². The smallest absolute Gasteiger partial charge is 0.343 e. The van der Waals surface area contributed by atoms with Gasteiger partial charge in [-0.15, -0.1) is 0 Å². The van der Waals surface area contributed by atoms with Crippen LogP contribution < -0.4 is 15.4 Å². The van der Waals surface area contributed by atoms with Crippen LogP contribution in [0.4, 0.5) is 0 Å². The van der Waals surface area contributed by atoms with Gasteiger partial charge in [-0.25, -0.2) is 9.59 Å². The van der Waals surface area contributed by atoms with Gasteiger partial charge >= 0.3 is 11.9 Å². The lowest BCUT2D eigenvalue weighted by molar-refractivity contribution is -0.143. The number of nitrogens with one attached hydrogen (secondary N) is 2. The maximum Gasteiger partial charge on any atom is 0.343 e. The Balaban J connectivity index is 2.16. The lowest BCUT2D eigenvalue weighted by Gasteiger charge is -2.32. The summed E-state index contributed by atoms with van der Waals surface area (Å²) in [6, 6.07) is 13.5. The fourth-order valence-electron chi connectivity index (χ4n) is 3.13. The molecule has 162 valence electrons. The Kier molecular flexibility index (Phi) is 7.49. The predicted molar refractivity (Wildman–Crippen MR) is 121 cm³/mol. The van der Waals surface area contributed by atoms with E-state index in [0.29, 0.717) is 32.7 Å². The maximum absolute atomic E-state index is 13.0. The van der Waals surface area contributed by atoms with E-state index >= 15 is 0 Å². The molecule has 0 bridgehead atoms. The van der Waals surface area contributed by atoms with Crippen molar-refractivity contribution in [1.29, 1.82) is 0 Å². The van der Waals surface area contributed by atoms with Crippen LogP contribution in [0.3, 0.4) is 0 Å². The molecule has 0 aliphatic carbocycles. The number of benzene rings is 2. The summed E-state index contributed by atoms with van der Waals surface area (Å²) in [5, 5.41) is 6.91. The second kappa shape index (κ2) is 10.3. The Morgan fingerprint density at radius 1 is 1.16 bits per heavy atom. The maximum atomic E-state index is 13.0. The largest absolute Gasteiger partial charge is 0.482 e. The predicted octanol–water partition coefficient (Wildman–Crippen LogP) is 3.39. The first-order valence-corrected chi connectivity index (χ1v) is 10.3. The van der Waals surface area contributed by atoms with Crippen LogP contribution in [-0.2, 0) is 19.1 Å². The second-order valence-corrected chi connectivity index (χ2v) is 7.30. The van der Waals surface area contributed by atoms with E-state index in [-0.39, 0.29) is 13.2 Å². The molecule has 3 rings (SSSR count). The Bertz CT molecular complexity index is 1030. The Labute approximate surface area is 190 Å². The number of rotatable bonds is 7. The number of methoxy groups -OCH3 is 1. The average molecular weight is 461 g/mol. The van der Waals surface area contributed by atoms with Gasteiger partial charge in [0.15, 0.2) is 11.7 Å². The molecule has 2 aromatic carbocycles. The molecule has 2 N–H and O–H groups in total. The molecule has 0 saturated carbocycles. The SMILES string of the molecule is CCOC(=O)C1=C(c2ccccc2)NC(=S)N[C@@H]1c1cc(Cl)ccc1OCC(=O)OC. The van der Waals surface area contributed by atoms with E-state index in [2.05, 4.69) is 15.4 Å². The first kappa shape index (κ1) is 22.6. The fraction of sp³-hybridized carbons (Fsp3) is 0.227. The van der Waals surface area contributed by atoms with Crippen LogP contribution in [0, 0.1) is 0 Å². The number of carbonyl (C=O) groups excluding carboxylic acids is 2. The highest BCUT2D eigenvalue weighted by atomic mass is 35.5. The minimum atomic E-state index is -0.727. The van der Waals surface area contributed by atoms with Gasteiger partial charge in [-0.05, 0) is 42.9 Å². The summed E-state index contributed by atoms with van der Waals surface area (Å²) in [5.41, 5.74) is 2.12. The summed E-state index contributed by atoms with van der Waals surface area (Å²) in [5.74, 6) is -0.709. The van der Waals surface area contributed by atoms with Crippen molar-refractivity contribution >= 4 is 46.6 Å². The van der Waals surface area contributed by atoms with E-state index in [1.165, 1.54) is 7.11 Å². The van der Waals surface area contributed by atoms with Crippen molar-refractivity contribution < 1.29 is 23.8 Å². The number of hydrogen-bond acceptors (Lipinski definition) is 6. The third-order valence-electron chi connectivity index (χ3n) is 4.49. The summed E-state index contributed by atoms with van der Waals surface area (Å²) in [4.78, 5) is 24.6. The van der Waals surface area contributed by atoms with Gasteiger partial charge in [0, 0.05) is 10.6 Å². The molecule has 9 heteroatoms. The molecule has 0 amide bonds. The molecule has 0 radical (unpaired) electrons. The molecule has 31 heavy (non-hydrogen) atoms. The van der Waals surface area contributed by atoms with Crippen molar-refractivity contribution in [3.63, 3.8) is 0 Å². The van der Waals surface area contributed by atoms with Gasteiger partial charge in [0.25, 0.3) is 0 Å². The summed E-state index contributed by atoms with van der Waals surface area (Å²) >= 11 is 11.7. The number of ether oxygens (including phenoxy) is 3. The van der Waals surface area contributed by atoms with E-state index in [1.807, 2.05) is 30.3 Å². The standard InChI is InChI=1S/C22H21ClN2O5S/c1-3-29-21(27)18-19(13-7-5-4-6-8-13)24-22(31)25-20(18)15-11-14(23)9-10-16(15)30-12-17(26)28-2/h4-11,20H,3,12H2,1-2H3,(H2,24,25,31)/t20-/m1/s1. The highest BCUT2D eigenvalue weighted by Crippen LogP contribution is 2.37. The van der Waals surface area contributed by atoms with Gasteiger partial charge in [0.2, 0.25) is 0 Å². The molecule has 0 aromatic heterocycles. The van der Waals surface area contributed by atoms with Gasteiger partial charge in [0.1, 0.15) is 5.75 Å². The molecule has 2 aromatic rings. The average Bonchev–Trinajstić information content (AvgIpc) is 2.78. The lowest BCUT2D eigenvalue weighted by Crippen LogP contribution is -2.45. The molecule has 1 atom stereocenters. The van der Waals surface area contributed by atoms with E-state index in [0.717, 1.165) is 5.56 Å². The van der Waals surface area contributed by atoms with Gasteiger partial charge in [-0.3, -0.25) is 0 Å². The van der Waals surface area contributed by atoms with Gasteiger partial charge in [-0.2, -0.15) is 0 Å². The van der Waals surface area contributed by atoms with Crippen LogP contribution in [0.1, 0.15) is 24.1 Å². The van der Waals surface area contributed by atoms with Crippen LogP contribution in [-0.4, -0.2) is 37.4 Å². The first-order valence-electron chi connectivity index (χ1n) is 9.47. The molecule has 1 aliphatic heterocycles. The molecular formula is C22H21ClN2O5S. The molecular weight excluding hydrogens is 440 g/mol. The highest BCUT2D eigenvalue weighted by molar-refractivity contribution is 7.80. The van der Waals surface area contributed by atoms with Crippen LogP contribution in [0.5, 0.6) is 5.75 Å². The third-order valence-corrected chi connectivity index (χ3v) is 4.94. The first-order chi connectivity index (χ1) is 14.9. The topological polar surface area (TPSA) is 85.9 Å². The molecule has 0 fully saturated rings. The summed E-state index contributed by atoms with van der Waals surface area (Å²) < 4.78 is 15.6. The van der Waals surface area contributed by atoms with Crippen LogP contribution in [0.15, 0.2) is 54.1 Å². The summed E-state index contributed by atoms with van der Waals surface area (Å²) in [7, 11) is 1.27. The number of hydrogen-bond donors (Lipinski definition) is 2. The highest BCUT2D eigenvalue weighted by Gasteiger charge is 2.35. The Morgan fingerprint density at radius 2 is 1.90 bits per heavy atom. The van der Waals surface area contributed by atoms with Gasteiger partial charge in [-0.1, -0.05) is 41.9 Å². The number of thiocarbonyl (C=S) groups is 1. The number of esters is 2. The molecule has 7 nitrogen and oxygen atoms in total. The molecule has 0 unspecified atom stereocenters. The van der Waals surface area contributed by atoms with E-state index < -0.39 is 18.0 Å². The van der Waals surface area contributed by atoms with Gasteiger partial charge in [0.05, 0.1) is 31.0 Å². The molecule has 1 aliphatic rings.